The van der Waals surface area contributed by atoms with Crippen molar-refractivity contribution in [1.29, 1.82) is 0 Å². The summed E-state index contributed by atoms with van der Waals surface area (Å²) in [5, 5.41) is 12.0. The van der Waals surface area contributed by atoms with Crippen molar-refractivity contribution >= 4 is 11.9 Å². The summed E-state index contributed by atoms with van der Waals surface area (Å²) in [7, 11) is 1.53. The molecule has 0 aliphatic heterocycles. The third-order valence-electron chi connectivity index (χ3n) is 3.96. The lowest BCUT2D eigenvalue weighted by Gasteiger charge is -2.27. The minimum Gasteiger partial charge on any atom is -0.496 e. The number of amides is 1. The SMILES string of the molecule is COc1ccc(C)cc1C(=O)NC1CCCC(C(=O)O)C1. The first kappa shape index (κ1) is 15.4. The lowest BCUT2D eigenvalue weighted by molar-refractivity contribution is -0.143. The van der Waals surface area contributed by atoms with E-state index < -0.39 is 5.97 Å². The number of carboxylic acid groups (broad SMARTS) is 1. The Bertz CT molecular complexity index is 541. The van der Waals surface area contributed by atoms with Crippen molar-refractivity contribution in [3.8, 4) is 5.75 Å². The van der Waals surface area contributed by atoms with E-state index >= 15 is 0 Å². The van der Waals surface area contributed by atoms with Crippen molar-refractivity contribution in [2.45, 2.75) is 38.6 Å². The van der Waals surface area contributed by atoms with Gasteiger partial charge in [-0.3, -0.25) is 9.59 Å². The van der Waals surface area contributed by atoms with Gasteiger partial charge in [0.2, 0.25) is 0 Å². The molecule has 5 nitrogen and oxygen atoms in total. The fourth-order valence-corrected chi connectivity index (χ4v) is 2.81. The van der Waals surface area contributed by atoms with Crippen LogP contribution in [0.3, 0.4) is 0 Å². The van der Waals surface area contributed by atoms with Gasteiger partial charge in [0.1, 0.15) is 5.75 Å². The number of carbonyl (C=O) groups excluding carboxylic acids is 1. The van der Waals surface area contributed by atoms with Gasteiger partial charge in [-0.15, -0.1) is 0 Å². The van der Waals surface area contributed by atoms with Crippen LogP contribution >= 0.6 is 0 Å². The van der Waals surface area contributed by atoms with E-state index in [9.17, 15) is 9.59 Å². The number of nitrogens with one attached hydrogen (secondary N) is 1. The van der Waals surface area contributed by atoms with Crippen LogP contribution in [0.1, 0.15) is 41.6 Å². The van der Waals surface area contributed by atoms with Gasteiger partial charge >= 0.3 is 5.97 Å². The normalized spacial score (nSPS) is 21.6. The molecule has 1 fully saturated rings. The fraction of sp³-hybridized carbons (Fsp3) is 0.500. The molecule has 0 spiro atoms. The number of ether oxygens (including phenoxy) is 1. The minimum atomic E-state index is -0.776. The van der Waals surface area contributed by atoms with E-state index in [1.807, 2.05) is 13.0 Å². The molecule has 1 aliphatic carbocycles. The number of hydrogen-bond donors (Lipinski definition) is 2. The van der Waals surface area contributed by atoms with Gasteiger partial charge in [-0.25, -0.2) is 0 Å². The molecule has 1 aromatic rings. The van der Waals surface area contributed by atoms with E-state index in [0.717, 1.165) is 18.4 Å². The Hall–Kier alpha value is -2.04. The Balaban J connectivity index is 2.07. The van der Waals surface area contributed by atoms with Gasteiger partial charge in [-0.1, -0.05) is 18.1 Å². The molecular formula is C16H21NO4. The first-order valence-corrected chi connectivity index (χ1v) is 7.19. The average Bonchev–Trinajstić information content (AvgIpc) is 2.47. The highest BCUT2D eigenvalue weighted by Crippen LogP contribution is 2.26. The molecule has 2 atom stereocenters. The second kappa shape index (κ2) is 6.61. The number of aryl methyl sites for hydroxylation is 1. The number of carboxylic acids is 1. The quantitative estimate of drug-likeness (QED) is 0.893. The standard InChI is InChI=1S/C16H21NO4/c1-10-6-7-14(21-2)13(8-10)15(18)17-12-5-3-4-11(9-12)16(19)20/h6-8,11-12H,3-5,9H2,1-2H3,(H,17,18)(H,19,20). The first-order valence-electron chi connectivity index (χ1n) is 7.19. The second-order valence-electron chi connectivity index (χ2n) is 5.58. The minimum absolute atomic E-state index is 0.0856. The van der Waals surface area contributed by atoms with Crippen molar-refractivity contribution in [2.75, 3.05) is 7.11 Å². The number of hydrogen-bond acceptors (Lipinski definition) is 3. The molecule has 1 saturated carbocycles. The average molecular weight is 291 g/mol. The summed E-state index contributed by atoms with van der Waals surface area (Å²) in [5.74, 6) is -0.805. The van der Waals surface area contributed by atoms with Crippen LogP contribution in [-0.2, 0) is 4.79 Å². The topological polar surface area (TPSA) is 75.6 Å². The van der Waals surface area contributed by atoms with Gasteiger partial charge in [0.25, 0.3) is 5.91 Å². The lowest BCUT2D eigenvalue weighted by Crippen LogP contribution is -2.40. The van der Waals surface area contributed by atoms with Gasteiger partial charge in [-0.2, -0.15) is 0 Å². The molecule has 1 amide bonds. The summed E-state index contributed by atoms with van der Waals surface area (Å²) in [6, 6.07) is 5.35. The van der Waals surface area contributed by atoms with Gasteiger partial charge < -0.3 is 15.2 Å². The number of rotatable bonds is 4. The molecular weight excluding hydrogens is 270 g/mol. The maximum atomic E-state index is 12.4. The smallest absolute Gasteiger partial charge is 0.306 e. The van der Waals surface area contributed by atoms with Crippen molar-refractivity contribution in [1.82, 2.24) is 5.32 Å². The van der Waals surface area contributed by atoms with Crippen LogP contribution in [0.25, 0.3) is 0 Å². The largest absolute Gasteiger partial charge is 0.496 e. The van der Waals surface area contributed by atoms with Crippen LogP contribution in [-0.4, -0.2) is 30.1 Å². The predicted octanol–water partition coefficient (Wildman–Crippen LogP) is 2.38. The van der Waals surface area contributed by atoms with E-state index in [4.69, 9.17) is 9.84 Å². The van der Waals surface area contributed by atoms with E-state index in [0.29, 0.717) is 24.2 Å². The van der Waals surface area contributed by atoms with Gasteiger partial charge in [0.05, 0.1) is 18.6 Å². The summed E-state index contributed by atoms with van der Waals surface area (Å²) < 4.78 is 5.22. The molecule has 0 heterocycles. The van der Waals surface area contributed by atoms with E-state index in [2.05, 4.69) is 5.32 Å². The summed E-state index contributed by atoms with van der Waals surface area (Å²) >= 11 is 0. The zero-order valence-electron chi connectivity index (χ0n) is 12.4. The van der Waals surface area contributed by atoms with Crippen molar-refractivity contribution in [2.24, 2.45) is 5.92 Å². The zero-order chi connectivity index (χ0) is 15.4. The summed E-state index contributed by atoms with van der Waals surface area (Å²) in [6.45, 7) is 1.91. The molecule has 114 valence electrons. The lowest BCUT2D eigenvalue weighted by atomic mass is 9.85. The second-order valence-corrected chi connectivity index (χ2v) is 5.58. The molecule has 0 aromatic heterocycles. The van der Waals surface area contributed by atoms with Crippen LogP contribution in [0, 0.1) is 12.8 Å². The highest BCUT2D eigenvalue weighted by molar-refractivity contribution is 5.97. The summed E-state index contributed by atoms with van der Waals surface area (Å²) in [4.78, 5) is 23.5. The number of carbonyl (C=O) groups is 2. The number of benzene rings is 1. The fourth-order valence-electron chi connectivity index (χ4n) is 2.81. The van der Waals surface area contributed by atoms with E-state index in [-0.39, 0.29) is 17.9 Å². The summed E-state index contributed by atoms with van der Waals surface area (Å²) in [6.07, 6.45) is 2.83. The predicted molar refractivity (Wildman–Crippen MR) is 78.6 cm³/mol. The van der Waals surface area contributed by atoms with Crippen LogP contribution in [0.5, 0.6) is 5.75 Å². The molecule has 21 heavy (non-hydrogen) atoms. The summed E-state index contributed by atoms with van der Waals surface area (Å²) in [5.41, 5.74) is 1.47. The van der Waals surface area contributed by atoms with Gasteiger partial charge in [0.15, 0.2) is 0 Å². The van der Waals surface area contributed by atoms with Gasteiger partial charge in [0, 0.05) is 6.04 Å². The van der Waals surface area contributed by atoms with Crippen molar-refractivity contribution in [3.63, 3.8) is 0 Å². The Morgan fingerprint density at radius 2 is 2.10 bits per heavy atom. The molecule has 2 N–H and O–H groups in total. The Labute approximate surface area is 124 Å². The number of methoxy groups -OCH3 is 1. The van der Waals surface area contributed by atoms with Crippen molar-refractivity contribution in [3.05, 3.63) is 29.3 Å². The molecule has 5 heteroatoms. The molecule has 0 radical (unpaired) electrons. The molecule has 1 aliphatic rings. The van der Waals surface area contributed by atoms with Gasteiger partial charge in [-0.05, 0) is 38.3 Å². The molecule has 1 aromatic carbocycles. The van der Waals surface area contributed by atoms with E-state index in [1.165, 1.54) is 7.11 Å². The zero-order valence-corrected chi connectivity index (χ0v) is 12.4. The molecule has 0 bridgehead atoms. The van der Waals surface area contributed by atoms with Crippen LogP contribution in [0.15, 0.2) is 18.2 Å². The third-order valence-corrected chi connectivity index (χ3v) is 3.96. The van der Waals surface area contributed by atoms with Crippen LogP contribution < -0.4 is 10.1 Å². The highest BCUT2D eigenvalue weighted by Gasteiger charge is 2.28. The maximum absolute atomic E-state index is 12.4. The monoisotopic (exact) mass is 291 g/mol. The Morgan fingerprint density at radius 3 is 2.76 bits per heavy atom. The van der Waals surface area contributed by atoms with Crippen LogP contribution in [0.4, 0.5) is 0 Å². The first-order chi connectivity index (χ1) is 10.0. The van der Waals surface area contributed by atoms with Crippen molar-refractivity contribution < 1.29 is 19.4 Å². The Kier molecular flexibility index (Phi) is 4.83. The maximum Gasteiger partial charge on any atom is 0.306 e. The molecule has 2 rings (SSSR count). The van der Waals surface area contributed by atoms with Crippen LogP contribution in [0.2, 0.25) is 0 Å². The van der Waals surface area contributed by atoms with E-state index in [1.54, 1.807) is 12.1 Å². The highest BCUT2D eigenvalue weighted by atomic mass is 16.5. The number of aliphatic carboxylic acids is 1. The third kappa shape index (κ3) is 3.74. The molecule has 2 unspecified atom stereocenters. The molecule has 0 saturated heterocycles. The Morgan fingerprint density at radius 1 is 1.33 bits per heavy atom.